The fourth-order valence-electron chi connectivity index (χ4n) is 1.49. The third-order valence-corrected chi connectivity index (χ3v) is 2.27. The van der Waals surface area contributed by atoms with Crippen molar-refractivity contribution < 1.29 is 9.53 Å². The van der Waals surface area contributed by atoms with Crippen molar-refractivity contribution in [1.29, 1.82) is 0 Å². The van der Waals surface area contributed by atoms with Crippen LogP contribution in [0, 0.1) is 6.92 Å². The van der Waals surface area contributed by atoms with E-state index in [9.17, 15) is 4.79 Å². The molecule has 0 amide bonds. The van der Waals surface area contributed by atoms with Crippen LogP contribution >= 0.6 is 0 Å². The molecule has 1 aromatic heterocycles. The summed E-state index contributed by atoms with van der Waals surface area (Å²) >= 11 is 0. The number of rotatable bonds is 3. The fraction of sp³-hybridized carbons (Fsp3) is 0.154. The van der Waals surface area contributed by atoms with Gasteiger partial charge in [-0.3, -0.25) is 0 Å². The first-order valence-electron chi connectivity index (χ1n) is 5.12. The highest BCUT2D eigenvalue weighted by molar-refractivity contribution is 5.87. The zero-order chi connectivity index (χ0) is 11.4. The average Bonchev–Trinajstić information content (AvgIpc) is 2.79. The molecule has 0 radical (unpaired) electrons. The van der Waals surface area contributed by atoms with E-state index < -0.39 is 0 Å². The molecule has 0 saturated carbocycles. The molecule has 0 bridgehead atoms. The molecule has 0 aliphatic heterocycles. The molecule has 1 N–H and O–H groups in total. The normalized spacial score (nSPS) is 10.1. The highest BCUT2D eigenvalue weighted by atomic mass is 16.5. The Hall–Kier alpha value is -2.03. The Labute approximate surface area is 94.1 Å². The molecule has 1 heterocycles. The summed E-state index contributed by atoms with van der Waals surface area (Å²) in [6.45, 7) is 2.32. The molecule has 82 valence electrons. The minimum Gasteiger partial charge on any atom is -0.456 e. The van der Waals surface area contributed by atoms with Gasteiger partial charge in [0.15, 0.2) is 0 Å². The van der Waals surface area contributed by atoms with E-state index in [1.54, 1.807) is 18.3 Å². The van der Waals surface area contributed by atoms with Crippen molar-refractivity contribution in [3.05, 3.63) is 59.4 Å². The van der Waals surface area contributed by atoms with Gasteiger partial charge < -0.3 is 9.72 Å². The van der Waals surface area contributed by atoms with Crippen LogP contribution in [0.4, 0.5) is 0 Å². The van der Waals surface area contributed by atoms with Crippen molar-refractivity contribution in [3.63, 3.8) is 0 Å². The van der Waals surface area contributed by atoms with Crippen LogP contribution < -0.4 is 0 Å². The number of benzene rings is 1. The summed E-state index contributed by atoms with van der Waals surface area (Å²) in [6.07, 6.45) is 1.70. The number of aryl methyl sites for hydroxylation is 1. The molecular weight excluding hydrogens is 202 g/mol. The molecule has 3 nitrogen and oxygen atoms in total. The zero-order valence-corrected chi connectivity index (χ0v) is 9.07. The Morgan fingerprint density at radius 3 is 2.88 bits per heavy atom. The van der Waals surface area contributed by atoms with E-state index in [-0.39, 0.29) is 5.97 Å². The third kappa shape index (κ3) is 2.51. The summed E-state index contributed by atoms with van der Waals surface area (Å²) in [4.78, 5) is 14.3. The van der Waals surface area contributed by atoms with Crippen molar-refractivity contribution in [2.75, 3.05) is 0 Å². The lowest BCUT2D eigenvalue weighted by atomic mass is 10.1. The average molecular weight is 215 g/mol. The van der Waals surface area contributed by atoms with Crippen LogP contribution in [0.2, 0.25) is 0 Å². The topological polar surface area (TPSA) is 42.1 Å². The SMILES string of the molecule is Cc1cccc(COC(=O)c2ccc[nH]2)c1. The van der Waals surface area contributed by atoms with E-state index >= 15 is 0 Å². The molecule has 0 fully saturated rings. The van der Waals surface area contributed by atoms with Gasteiger partial charge in [0.05, 0.1) is 0 Å². The van der Waals surface area contributed by atoms with Gasteiger partial charge in [-0.2, -0.15) is 0 Å². The predicted octanol–water partition coefficient (Wildman–Crippen LogP) is 2.68. The molecule has 0 atom stereocenters. The van der Waals surface area contributed by atoms with Crippen LogP contribution in [0.15, 0.2) is 42.6 Å². The number of esters is 1. The largest absolute Gasteiger partial charge is 0.456 e. The molecule has 0 aliphatic rings. The van der Waals surface area contributed by atoms with Crippen molar-refractivity contribution in [3.8, 4) is 0 Å². The number of carbonyl (C=O) groups is 1. The molecule has 0 aliphatic carbocycles. The van der Waals surface area contributed by atoms with Gasteiger partial charge in [0.1, 0.15) is 12.3 Å². The maximum Gasteiger partial charge on any atom is 0.355 e. The number of nitrogens with one attached hydrogen (secondary N) is 1. The van der Waals surface area contributed by atoms with Gasteiger partial charge >= 0.3 is 5.97 Å². The number of carbonyl (C=O) groups excluding carboxylic acids is 1. The van der Waals surface area contributed by atoms with E-state index in [0.717, 1.165) is 11.1 Å². The van der Waals surface area contributed by atoms with Gasteiger partial charge in [-0.05, 0) is 24.6 Å². The molecule has 2 rings (SSSR count). The summed E-state index contributed by atoms with van der Waals surface area (Å²) < 4.78 is 5.16. The Bertz CT molecular complexity index is 474. The summed E-state index contributed by atoms with van der Waals surface area (Å²) in [5.41, 5.74) is 2.64. The summed E-state index contributed by atoms with van der Waals surface area (Å²) in [5.74, 6) is -0.327. The zero-order valence-electron chi connectivity index (χ0n) is 9.07. The minimum absolute atomic E-state index is 0.305. The maximum absolute atomic E-state index is 11.5. The standard InChI is InChI=1S/C13H13NO2/c1-10-4-2-5-11(8-10)9-16-13(15)12-6-3-7-14-12/h2-8,14H,9H2,1H3. The number of hydrogen-bond donors (Lipinski definition) is 1. The first-order chi connectivity index (χ1) is 7.75. The van der Waals surface area contributed by atoms with Crippen LogP contribution in [0.25, 0.3) is 0 Å². The number of hydrogen-bond acceptors (Lipinski definition) is 2. The van der Waals surface area contributed by atoms with E-state index in [1.165, 1.54) is 0 Å². The lowest BCUT2D eigenvalue weighted by Gasteiger charge is -2.04. The van der Waals surface area contributed by atoms with Crippen molar-refractivity contribution in [1.82, 2.24) is 4.98 Å². The van der Waals surface area contributed by atoms with Gasteiger partial charge in [-0.25, -0.2) is 4.79 Å². The molecule has 16 heavy (non-hydrogen) atoms. The Morgan fingerprint density at radius 1 is 1.31 bits per heavy atom. The second-order valence-corrected chi connectivity index (χ2v) is 3.65. The van der Waals surface area contributed by atoms with Gasteiger partial charge in [-0.1, -0.05) is 29.8 Å². The van der Waals surface area contributed by atoms with Crippen molar-refractivity contribution in [2.24, 2.45) is 0 Å². The monoisotopic (exact) mass is 215 g/mol. The second-order valence-electron chi connectivity index (χ2n) is 3.65. The van der Waals surface area contributed by atoms with E-state index in [2.05, 4.69) is 4.98 Å². The van der Waals surface area contributed by atoms with Gasteiger partial charge in [0.2, 0.25) is 0 Å². The minimum atomic E-state index is -0.327. The maximum atomic E-state index is 11.5. The van der Waals surface area contributed by atoms with Gasteiger partial charge in [-0.15, -0.1) is 0 Å². The molecule has 0 saturated heterocycles. The molecule has 0 spiro atoms. The third-order valence-electron chi connectivity index (χ3n) is 2.27. The lowest BCUT2D eigenvalue weighted by Crippen LogP contribution is -2.05. The van der Waals surface area contributed by atoms with Crippen molar-refractivity contribution in [2.45, 2.75) is 13.5 Å². The van der Waals surface area contributed by atoms with E-state index in [1.807, 2.05) is 31.2 Å². The predicted molar refractivity (Wildman–Crippen MR) is 61.1 cm³/mol. The van der Waals surface area contributed by atoms with Crippen LogP contribution in [0.3, 0.4) is 0 Å². The number of aromatic amines is 1. The summed E-state index contributed by atoms with van der Waals surface area (Å²) in [5, 5.41) is 0. The summed E-state index contributed by atoms with van der Waals surface area (Å²) in [7, 11) is 0. The highest BCUT2D eigenvalue weighted by Gasteiger charge is 2.07. The van der Waals surface area contributed by atoms with Gasteiger partial charge in [0.25, 0.3) is 0 Å². The van der Waals surface area contributed by atoms with Crippen LogP contribution in [0.1, 0.15) is 21.6 Å². The smallest absolute Gasteiger partial charge is 0.355 e. The van der Waals surface area contributed by atoms with Crippen LogP contribution in [-0.2, 0) is 11.3 Å². The Kier molecular flexibility index (Phi) is 3.05. The fourth-order valence-corrected chi connectivity index (χ4v) is 1.49. The number of H-pyrrole nitrogens is 1. The van der Waals surface area contributed by atoms with Crippen LogP contribution in [0.5, 0.6) is 0 Å². The molecule has 0 unspecified atom stereocenters. The van der Waals surface area contributed by atoms with Crippen molar-refractivity contribution >= 4 is 5.97 Å². The molecule has 2 aromatic rings. The van der Waals surface area contributed by atoms with E-state index in [4.69, 9.17) is 4.74 Å². The Balaban J connectivity index is 1.95. The molecular formula is C13H13NO2. The summed E-state index contributed by atoms with van der Waals surface area (Å²) in [6, 6.07) is 11.4. The molecule has 1 aromatic carbocycles. The van der Waals surface area contributed by atoms with E-state index in [0.29, 0.717) is 12.3 Å². The number of ether oxygens (including phenoxy) is 1. The Morgan fingerprint density at radius 2 is 2.19 bits per heavy atom. The number of aromatic nitrogens is 1. The first-order valence-corrected chi connectivity index (χ1v) is 5.12. The quantitative estimate of drug-likeness (QED) is 0.800. The lowest BCUT2D eigenvalue weighted by molar-refractivity contribution is 0.0466. The van der Waals surface area contributed by atoms with Gasteiger partial charge in [0, 0.05) is 6.20 Å². The first kappa shape index (κ1) is 10.5. The second kappa shape index (κ2) is 4.66. The molecule has 3 heteroatoms. The highest BCUT2D eigenvalue weighted by Crippen LogP contribution is 2.07. The van der Waals surface area contributed by atoms with Crippen LogP contribution in [-0.4, -0.2) is 11.0 Å².